The van der Waals surface area contributed by atoms with Gasteiger partial charge in [-0.05, 0) is 29.7 Å². The lowest BCUT2D eigenvalue weighted by Gasteiger charge is -2.04. The summed E-state index contributed by atoms with van der Waals surface area (Å²) in [5.74, 6) is 0.588. The van der Waals surface area contributed by atoms with Crippen LogP contribution in [0.3, 0.4) is 0 Å². The molecule has 0 unspecified atom stereocenters. The Morgan fingerprint density at radius 1 is 1.06 bits per heavy atom. The number of hydrogen-bond acceptors (Lipinski definition) is 1. The van der Waals surface area contributed by atoms with Gasteiger partial charge in [-0.2, -0.15) is 5.10 Å². The summed E-state index contributed by atoms with van der Waals surface area (Å²) in [7, 11) is 0. The first-order chi connectivity index (χ1) is 7.77. The van der Waals surface area contributed by atoms with E-state index < -0.39 is 0 Å². The molecule has 0 saturated carbocycles. The topological polar surface area (TPSA) is 17.3 Å². The van der Waals surface area contributed by atoms with Crippen molar-refractivity contribution in [3.63, 3.8) is 0 Å². The van der Waals surface area contributed by atoms with E-state index in [2.05, 4.69) is 31.1 Å². The molecule has 2 heterocycles. The minimum absolute atomic E-state index is 0.588. The molecule has 2 nitrogen and oxygen atoms in total. The molecule has 0 radical (unpaired) electrons. The van der Waals surface area contributed by atoms with E-state index in [0.717, 1.165) is 0 Å². The van der Waals surface area contributed by atoms with E-state index in [1.165, 1.54) is 11.1 Å². The molecule has 90 valence electrons. The third-order valence-electron chi connectivity index (χ3n) is 2.09. The molecule has 0 atom stereocenters. The molecule has 0 aliphatic rings. The van der Waals surface area contributed by atoms with Crippen molar-refractivity contribution >= 4 is 5.52 Å². The standard InChI is InChI=1S/C10H12N2.2C2H6/c1-8(2)9-4-6-12-10(7-9)3-5-11-12;2*1-2/h3-8H,1-2H3;2*1-2H3. The summed E-state index contributed by atoms with van der Waals surface area (Å²) in [6.45, 7) is 12.4. The van der Waals surface area contributed by atoms with E-state index in [0.29, 0.717) is 5.92 Å². The van der Waals surface area contributed by atoms with E-state index in [-0.39, 0.29) is 0 Å². The van der Waals surface area contributed by atoms with Crippen molar-refractivity contribution < 1.29 is 0 Å². The maximum absolute atomic E-state index is 4.14. The Labute approximate surface area is 99.3 Å². The van der Waals surface area contributed by atoms with Gasteiger partial charge in [-0.25, -0.2) is 4.52 Å². The van der Waals surface area contributed by atoms with Crippen LogP contribution in [0.2, 0.25) is 0 Å². The molecule has 0 aromatic carbocycles. The van der Waals surface area contributed by atoms with Crippen LogP contribution in [0.25, 0.3) is 5.52 Å². The summed E-state index contributed by atoms with van der Waals surface area (Å²) >= 11 is 0. The Bertz CT molecular complexity index is 388. The van der Waals surface area contributed by atoms with E-state index in [9.17, 15) is 0 Å². The van der Waals surface area contributed by atoms with Crippen molar-refractivity contribution in [3.8, 4) is 0 Å². The number of nitrogens with zero attached hydrogens (tertiary/aromatic N) is 2. The fourth-order valence-electron chi connectivity index (χ4n) is 1.30. The highest BCUT2D eigenvalue weighted by molar-refractivity contribution is 5.47. The first-order valence-electron chi connectivity index (χ1n) is 6.20. The van der Waals surface area contributed by atoms with Gasteiger partial charge in [0, 0.05) is 12.4 Å². The molecule has 0 N–H and O–H groups in total. The monoisotopic (exact) mass is 220 g/mol. The number of pyridine rings is 1. The second kappa shape index (κ2) is 7.91. The number of aromatic nitrogens is 2. The van der Waals surface area contributed by atoms with Crippen molar-refractivity contribution in [2.45, 2.75) is 47.5 Å². The first kappa shape index (κ1) is 14.7. The molecule has 0 bridgehead atoms. The lowest BCUT2D eigenvalue weighted by atomic mass is 10.1. The summed E-state index contributed by atoms with van der Waals surface area (Å²) < 4.78 is 1.88. The summed E-state index contributed by atoms with van der Waals surface area (Å²) in [6.07, 6.45) is 3.82. The fraction of sp³-hybridized carbons (Fsp3) is 0.500. The third-order valence-corrected chi connectivity index (χ3v) is 2.09. The van der Waals surface area contributed by atoms with Crippen LogP contribution in [0.1, 0.15) is 53.0 Å². The molecular weight excluding hydrogens is 196 g/mol. The zero-order chi connectivity index (χ0) is 12.6. The van der Waals surface area contributed by atoms with E-state index in [1.54, 1.807) is 0 Å². The van der Waals surface area contributed by atoms with Crippen molar-refractivity contribution in [1.29, 1.82) is 0 Å². The molecule has 0 spiro atoms. The molecule has 0 aliphatic carbocycles. The molecule has 2 rings (SSSR count). The van der Waals surface area contributed by atoms with Crippen LogP contribution in [0.5, 0.6) is 0 Å². The van der Waals surface area contributed by atoms with Crippen molar-refractivity contribution in [3.05, 3.63) is 36.2 Å². The van der Waals surface area contributed by atoms with Gasteiger partial charge in [0.05, 0.1) is 5.52 Å². The summed E-state index contributed by atoms with van der Waals surface area (Å²) in [6, 6.07) is 6.31. The first-order valence-corrected chi connectivity index (χ1v) is 6.20. The minimum atomic E-state index is 0.588. The number of fused-ring (bicyclic) bond motifs is 1. The molecule has 2 aromatic heterocycles. The lowest BCUT2D eigenvalue weighted by molar-refractivity contribution is 0.855. The minimum Gasteiger partial charge on any atom is -0.241 e. The van der Waals surface area contributed by atoms with Crippen molar-refractivity contribution in [2.24, 2.45) is 0 Å². The lowest BCUT2D eigenvalue weighted by Crippen LogP contribution is -1.91. The van der Waals surface area contributed by atoms with E-state index in [1.807, 2.05) is 50.7 Å². The summed E-state index contributed by atoms with van der Waals surface area (Å²) in [5.41, 5.74) is 2.53. The maximum atomic E-state index is 4.14. The van der Waals surface area contributed by atoms with Crippen LogP contribution in [0.15, 0.2) is 30.6 Å². The Morgan fingerprint density at radius 3 is 2.25 bits per heavy atom. The predicted molar refractivity (Wildman–Crippen MR) is 72.0 cm³/mol. The van der Waals surface area contributed by atoms with Gasteiger partial charge in [0.25, 0.3) is 0 Å². The highest BCUT2D eigenvalue weighted by Gasteiger charge is 1.99. The average Bonchev–Trinajstić information content (AvgIpc) is 2.81. The largest absolute Gasteiger partial charge is 0.241 e. The van der Waals surface area contributed by atoms with Crippen molar-refractivity contribution in [2.75, 3.05) is 0 Å². The Kier molecular flexibility index (Phi) is 7.27. The average molecular weight is 220 g/mol. The SMILES string of the molecule is CC.CC.CC(C)c1ccn2nccc2c1. The van der Waals surface area contributed by atoms with Gasteiger partial charge in [0.2, 0.25) is 0 Å². The van der Waals surface area contributed by atoms with Gasteiger partial charge in [-0.3, -0.25) is 0 Å². The van der Waals surface area contributed by atoms with Gasteiger partial charge in [-0.15, -0.1) is 0 Å². The maximum Gasteiger partial charge on any atom is 0.0664 e. The fourth-order valence-corrected chi connectivity index (χ4v) is 1.30. The van der Waals surface area contributed by atoms with Crippen LogP contribution >= 0.6 is 0 Å². The van der Waals surface area contributed by atoms with Crippen LogP contribution in [0.4, 0.5) is 0 Å². The Balaban J connectivity index is 0.000000509. The Hall–Kier alpha value is -1.31. The predicted octanol–water partition coefficient (Wildman–Crippen LogP) is 4.51. The highest BCUT2D eigenvalue weighted by atomic mass is 15.2. The van der Waals surface area contributed by atoms with Crippen LogP contribution in [0, 0.1) is 0 Å². The molecule has 0 aliphatic heterocycles. The third kappa shape index (κ3) is 3.69. The highest BCUT2D eigenvalue weighted by Crippen LogP contribution is 2.15. The summed E-state index contributed by atoms with van der Waals surface area (Å²) in [4.78, 5) is 0. The molecule has 0 fully saturated rings. The smallest absolute Gasteiger partial charge is 0.0664 e. The van der Waals surface area contributed by atoms with Gasteiger partial charge in [0.1, 0.15) is 0 Å². The van der Waals surface area contributed by atoms with Gasteiger partial charge < -0.3 is 0 Å². The normalized spacial score (nSPS) is 9.19. The summed E-state index contributed by atoms with van der Waals surface area (Å²) in [5, 5.41) is 4.14. The molecule has 2 aromatic rings. The number of rotatable bonds is 1. The van der Waals surface area contributed by atoms with Gasteiger partial charge >= 0.3 is 0 Å². The van der Waals surface area contributed by atoms with Gasteiger partial charge in [-0.1, -0.05) is 41.5 Å². The number of hydrogen-bond donors (Lipinski definition) is 0. The van der Waals surface area contributed by atoms with Crippen molar-refractivity contribution in [1.82, 2.24) is 9.61 Å². The second-order valence-corrected chi connectivity index (χ2v) is 3.32. The zero-order valence-corrected chi connectivity index (χ0v) is 11.4. The van der Waals surface area contributed by atoms with Crippen LogP contribution in [-0.2, 0) is 0 Å². The van der Waals surface area contributed by atoms with E-state index >= 15 is 0 Å². The van der Waals surface area contributed by atoms with Crippen LogP contribution in [-0.4, -0.2) is 9.61 Å². The van der Waals surface area contributed by atoms with Crippen LogP contribution < -0.4 is 0 Å². The molecule has 0 saturated heterocycles. The Morgan fingerprint density at radius 2 is 1.69 bits per heavy atom. The second-order valence-electron chi connectivity index (χ2n) is 3.32. The zero-order valence-electron chi connectivity index (χ0n) is 11.4. The van der Waals surface area contributed by atoms with E-state index in [4.69, 9.17) is 0 Å². The van der Waals surface area contributed by atoms with Gasteiger partial charge in [0.15, 0.2) is 0 Å². The molecular formula is C14H24N2. The molecule has 2 heteroatoms. The quantitative estimate of drug-likeness (QED) is 0.691. The molecule has 16 heavy (non-hydrogen) atoms. The molecule has 0 amide bonds.